The molecule has 2 aromatic carbocycles. The van der Waals surface area contributed by atoms with Gasteiger partial charge in [-0.05, 0) is 48.9 Å². The van der Waals surface area contributed by atoms with Crippen molar-refractivity contribution >= 4 is 64.5 Å². The number of rotatable bonds is 8. The van der Waals surface area contributed by atoms with Crippen molar-refractivity contribution in [2.45, 2.75) is 57.4 Å². The normalized spacial score (nSPS) is 22.9. The number of halogens is 2. The molecule has 0 saturated carbocycles. The molecule has 0 aromatic heterocycles. The predicted molar refractivity (Wildman–Crippen MR) is 167 cm³/mol. The second-order valence-corrected chi connectivity index (χ2v) is 12.1. The third-order valence-corrected chi connectivity index (χ3v) is 8.43. The zero-order valence-corrected chi connectivity index (χ0v) is 26.9. The number of amides is 1. The monoisotopic (exact) mass is 673 g/mol. The van der Waals surface area contributed by atoms with Gasteiger partial charge in [0.25, 0.3) is 5.91 Å². The minimum Gasteiger partial charge on any atom is -0.456 e. The SMILES string of the molecule is CC(=O)O[C@@H]1[C@@H](OC(C)=O)[C@H](SC2=C(C#N)C(c3ccc(Cl)cc3)C(C(=O)Nc3ccc(Cl)cc3)=C(C)N2)OC[C@H]1OC(C)=O. The van der Waals surface area contributed by atoms with Crippen LogP contribution >= 0.6 is 35.0 Å². The van der Waals surface area contributed by atoms with Crippen LogP contribution in [0.25, 0.3) is 0 Å². The third-order valence-electron chi connectivity index (χ3n) is 6.74. The van der Waals surface area contributed by atoms with Crippen molar-refractivity contribution in [1.82, 2.24) is 5.32 Å². The molecule has 0 radical (unpaired) electrons. The average molecular weight is 675 g/mol. The second-order valence-electron chi connectivity index (χ2n) is 10.1. The Morgan fingerprint density at radius 2 is 1.47 bits per heavy atom. The fourth-order valence-corrected chi connectivity index (χ4v) is 6.43. The van der Waals surface area contributed by atoms with E-state index in [2.05, 4.69) is 16.7 Å². The lowest BCUT2D eigenvalue weighted by atomic mass is 9.82. The van der Waals surface area contributed by atoms with Crippen LogP contribution in [-0.4, -0.2) is 54.2 Å². The van der Waals surface area contributed by atoms with Crippen molar-refractivity contribution in [1.29, 1.82) is 5.26 Å². The van der Waals surface area contributed by atoms with Gasteiger partial charge in [0.2, 0.25) is 0 Å². The minimum atomic E-state index is -1.23. The molecular formula is C31H29Cl2N3O8S. The van der Waals surface area contributed by atoms with E-state index in [-0.39, 0.29) is 17.8 Å². The van der Waals surface area contributed by atoms with E-state index >= 15 is 0 Å². The zero-order chi connectivity index (χ0) is 32.8. The number of nitriles is 1. The van der Waals surface area contributed by atoms with E-state index in [4.69, 9.17) is 42.1 Å². The lowest BCUT2D eigenvalue weighted by Crippen LogP contribution is -2.56. The second kappa shape index (κ2) is 14.8. The van der Waals surface area contributed by atoms with Crippen molar-refractivity contribution in [3.05, 3.63) is 86.0 Å². The minimum absolute atomic E-state index is 0.172. The van der Waals surface area contributed by atoms with Crippen LogP contribution in [0, 0.1) is 11.3 Å². The predicted octanol–water partition coefficient (Wildman–Crippen LogP) is 5.21. The molecule has 14 heteroatoms. The van der Waals surface area contributed by atoms with Gasteiger partial charge in [0.15, 0.2) is 18.3 Å². The van der Waals surface area contributed by atoms with Crippen molar-refractivity contribution < 1.29 is 38.1 Å². The smallest absolute Gasteiger partial charge is 0.303 e. The van der Waals surface area contributed by atoms with Gasteiger partial charge in [-0.1, -0.05) is 47.1 Å². The van der Waals surface area contributed by atoms with Crippen molar-refractivity contribution in [2.24, 2.45) is 0 Å². The topological polar surface area (TPSA) is 153 Å². The van der Waals surface area contributed by atoms with Crippen molar-refractivity contribution in [3.63, 3.8) is 0 Å². The molecule has 2 heterocycles. The van der Waals surface area contributed by atoms with Crippen LogP contribution in [0.2, 0.25) is 10.0 Å². The summed E-state index contributed by atoms with van der Waals surface area (Å²) in [5.41, 5.74) is 0.995. The number of carbonyl (C=O) groups excluding carboxylic acids is 4. The molecule has 2 aliphatic rings. The summed E-state index contributed by atoms with van der Waals surface area (Å²) in [6.45, 7) is 5.04. The maximum absolute atomic E-state index is 13.7. The van der Waals surface area contributed by atoms with Crippen LogP contribution in [0.3, 0.4) is 0 Å². The molecule has 4 rings (SSSR count). The van der Waals surface area contributed by atoms with Gasteiger partial charge < -0.3 is 29.6 Å². The maximum Gasteiger partial charge on any atom is 0.303 e. The molecule has 2 N–H and O–H groups in total. The Balaban J connectivity index is 1.74. The largest absolute Gasteiger partial charge is 0.456 e. The number of thioether (sulfide) groups is 1. The summed E-state index contributed by atoms with van der Waals surface area (Å²) in [6, 6.07) is 15.6. The Hall–Kier alpha value is -4.02. The molecule has 45 heavy (non-hydrogen) atoms. The quantitative estimate of drug-likeness (QED) is 0.280. The van der Waals surface area contributed by atoms with Gasteiger partial charge in [-0.15, -0.1) is 0 Å². The Kier molecular flexibility index (Phi) is 11.2. The highest BCUT2D eigenvalue weighted by molar-refractivity contribution is 8.03. The molecule has 0 aliphatic carbocycles. The Labute approximate surface area is 273 Å². The fraction of sp³-hybridized carbons (Fsp3) is 0.323. The van der Waals surface area contributed by atoms with Gasteiger partial charge >= 0.3 is 17.9 Å². The summed E-state index contributed by atoms with van der Waals surface area (Å²) in [6.07, 6.45) is -3.47. The van der Waals surface area contributed by atoms with E-state index in [1.807, 2.05) is 0 Å². The highest BCUT2D eigenvalue weighted by atomic mass is 35.5. The summed E-state index contributed by atoms with van der Waals surface area (Å²) in [7, 11) is 0. The van der Waals surface area contributed by atoms with Crippen LogP contribution in [0.5, 0.6) is 0 Å². The van der Waals surface area contributed by atoms with Gasteiger partial charge in [-0.2, -0.15) is 5.26 Å². The van der Waals surface area contributed by atoms with Gasteiger partial charge in [-0.3, -0.25) is 19.2 Å². The average Bonchev–Trinajstić information content (AvgIpc) is 2.96. The van der Waals surface area contributed by atoms with Crippen LogP contribution < -0.4 is 10.6 Å². The fourth-order valence-electron chi connectivity index (χ4n) is 4.95. The number of ether oxygens (including phenoxy) is 4. The van der Waals surface area contributed by atoms with Crippen molar-refractivity contribution in [3.8, 4) is 6.07 Å². The summed E-state index contributed by atoms with van der Waals surface area (Å²) in [4.78, 5) is 49.7. The molecule has 0 spiro atoms. The number of esters is 3. The number of benzene rings is 2. The van der Waals surface area contributed by atoms with Gasteiger partial charge in [0, 0.05) is 47.8 Å². The Morgan fingerprint density at radius 1 is 0.911 bits per heavy atom. The summed E-state index contributed by atoms with van der Waals surface area (Å²) in [5.74, 6) is -3.32. The van der Waals surface area contributed by atoms with Gasteiger partial charge in [-0.25, -0.2) is 0 Å². The first-order valence-electron chi connectivity index (χ1n) is 13.6. The molecule has 1 unspecified atom stereocenters. The zero-order valence-electron chi connectivity index (χ0n) is 24.6. The summed E-state index contributed by atoms with van der Waals surface area (Å²) in [5, 5.41) is 17.8. The number of nitrogens with zero attached hydrogens (tertiary/aromatic N) is 1. The number of dihydropyridines is 1. The molecule has 5 atom stereocenters. The van der Waals surface area contributed by atoms with Gasteiger partial charge in [0.1, 0.15) is 5.44 Å². The Morgan fingerprint density at radius 3 is 2.02 bits per heavy atom. The van der Waals surface area contributed by atoms with Crippen LogP contribution in [0.1, 0.15) is 39.2 Å². The lowest BCUT2D eigenvalue weighted by Gasteiger charge is -2.41. The molecule has 2 aliphatic heterocycles. The molecular weight excluding hydrogens is 645 g/mol. The molecule has 11 nitrogen and oxygen atoms in total. The summed E-state index contributed by atoms with van der Waals surface area (Å²) < 4.78 is 22.3. The Bertz CT molecular complexity index is 1590. The van der Waals surface area contributed by atoms with Gasteiger partial charge in [0.05, 0.1) is 29.2 Å². The van der Waals surface area contributed by atoms with E-state index in [0.29, 0.717) is 32.0 Å². The number of carbonyl (C=O) groups is 4. The first-order valence-corrected chi connectivity index (χ1v) is 15.3. The van der Waals surface area contributed by atoms with E-state index in [9.17, 15) is 24.4 Å². The molecule has 1 saturated heterocycles. The van der Waals surface area contributed by atoms with Crippen LogP contribution in [-0.2, 0) is 38.1 Å². The van der Waals surface area contributed by atoms with Crippen LogP contribution in [0.4, 0.5) is 5.69 Å². The highest BCUT2D eigenvalue weighted by Crippen LogP contribution is 2.44. The van der Waals surface area contributed by atoms with E-state index in [1.165, 1.54) is 20.8 Å². The van der Waals surface area contributed by atoms with E-state index < -0.39 is 53.5 Å². The van der Waals surface area contributed by atoms with Crippen molar-refractivity contribution in [2.75, 3.05) is 11.9 Å². The number of nitrogens with one attached hydrogen (secondary N) is 2. The number of allylic oxidation sites excluding steroid dienone is 2. The molecule has 236 valence electrons. The molecule has 2 aromatic rings. The number of hydrogen-bond donors (Lipinski definition) is 2. The highest BCUT2D eigenvalue weighted by Gasteiger charge is 2.48. The number of hydrogen-bond acceptors (Lipinski definition) is 11. The first kappa shape index (κ1) is 33.9. The maximum atomic E-state index is 13.7. The first-order chi connectivity index (χ1) is 21.4. The molecule has 0 bridgehead atoms. The summed E-state index contributed by atoms with van der Waals surface area (Å²) >= 11 is 13.2. The number of anilines is 1. The van der Waals surface area contributed by atoms with E-state index in [0.717, 1.165) is 11.8 Å². The lowest BCUT2D eigenvalue weighted by molar-refractivity contribution is -0.213. The molecule has 1 amide bonds. The third kappa shape index (κ3) is 8.38. The molecule has 1 fully saturated rings. The van der Waals surface area contributed by atoms with E-state index in [1.54, 1.807) is 55.5 Å². The van der Waals surface area contributed by atoms with Crippen LogP contribution in [0.15, 0.2) is 70.4 Å². The standard InChI is InChI=1S/C31H29Cl2N3O8S/c1-15-25(29(40)36-22-11-9-21(33)10-12-22)26(19-5-7-20(32)8-6-19)23(13-34)30(35-15)45-31-28(44-18(4)39)27(43-17(3)38)24(14-41-31)42-16(2)37/h5-12,24,26-28,31,35H,14H2,1-4H3,(H,36,40)/t24-,26?,27+,28-,31+/m1/s1.